The Labute approximate surface area is 122 Å². The Morgan fingerprint density at radius 3 is 2.43 bits per heavy atom. The highest BCUT2D eigenvalue weighted by molar-refractivity contribution is 5.87. The Balaban J connectivity index is 1.77. The van der Waals surface area contributed by atoms with Crippen molar-refractivity contribution in [2.45, 2.75) is 6.42 Å². The number of hydrogen-bond donors (Lipinski definition) is 2. The smallest absolute Gasteiger partial charge is 0.335 e. The lowest BCUT2D eigenvalue weighted by Gasteiger charge is -2.00. The molecule has 3 rings (SSSR count). The highest BCUT2D eigenvalue weighted by Crippen LogP contribution is 2.16. The molecular weight excluding hydrogens is 264 g/mol. The van der Waals surface area contributed by atoms with Gasteiger partial charge in [-0.1, -0.05) is 42.5 Å². The van der Waals surface area contributed by atoms with E-state index in [1.165, 1.54) is 0 Å². The van der Waals surface area contributed by atoms with E-state index in [4.69, 9.17) is 5.11 Å². The molecule has 0 aliphatic carbocycles. The third-order valence-corrected chi connectivity index (χ3v) is 3.27. The highest BCUT2D eigenvalue weighted by atomic mass is 16.4. The summed E-state index contributed by atoms with van der Waals surface area (Å²) in [6.45, 7) is 0. The number of hydrogen-bond acceptors (Lipinski definition) is 2. The summed E-state index contributed by atoms with van der Waals surface area (Å²) in [6.07, 6.45) is 2.51. The summed E-state index contributed by atoms with van der Waals surface area (Å²) in [7, 11) is 0. The van der Waals surface area contributed by atoms with Gasteiger partial charge in [0.2, 0.25) is 0 Å². The standard InChI is InChI=1S/C17H14N2O2/c20-17(21)14-8-6-12(7-9-14)10-15-11-18-16(19-15)13-4-2-1-3-5-13/h1-9,11H,10H2,(H,18,19)(H,20,21). The number of carboxylic acids is 1. The molecule has 1 aromatic heterocycles. The van der Waals surface area contributed by atoms with Crippen LogP contribution in [0, 0.1) is 0 Å². The highest BCUT2D eigenvalue weighted by Gasteiger charge is 2.05. The number of aromatic amines is 1. The van der Waals surface area contributed by atoms with Crippen LogP contribution in [0.4, 0.5) is 0 Å². The van der Waals surface area contributed by atoms with Crippen LogP contribution in [0.3, 0.4) is 0 Å². The third-order valence-electron chi connectivity index (χ3n) is 3.27. The summed E-state index contributed by atoms with van der Waals surface area (Å²) in [4.78, 5) is 18.5. The van der Waals surface area contributed by atoms with Gasteiger partial charge >= 0.3 is 5.97 Å². The molecular formula is C17H14N2O2. The summed E-state index contributed by atoms with van der Waals surface area (Å²) < 4.78 is 0. The second-order valence-corrected chi connectivity index (χ2v) is 4.80. The topological polar surface area (TPSA) is 66.0 Å². The zero-order valence-electron chi connectivity index (χ0n) is 11.3. The van der Waals surface area contributed by atoms with Crippen molar-refractivity contribution in [3.05, 3.63) is 77.6 Å². The molecule has 1 heterocycles. The Hall–Kier alpha value is -2.88. The molecule has 0 radical (unpaired) electrons. The van der Waals surface area contributed by atoms with Crippen molar-refractivity contribution in [3.63, 3.8) is 0 Å². The van der Waals surface area contributed by atoms with Crippen molar-refractivity contribution in [2.24, 2.45) is 0 Å². The number of carboxylic acid groups (broad SMARTS) is 1. The minimum atomic E-state index is -0.908. The monoisotopic (exact) mass is 278 g/mol. The van der Waals surface area contributed by atoms with E-state index in [1.54, 1.807) is 12.1 Å². The lowest BCUT2D eigenvalue weighted by atomic mass is 10.1. The quantitative estimate of drug-likeness (QED) is 0.769. The van der Waals surface area contributed by atoms with E-state index in [9.17, 15) is 4.79 Å². The number of benzene rings is 2. The zero-order valence-corrected chi connectivity index (χ0v) is 11.3. The molecule has 104 valence electrons. The molecule has 0 atom stereocenters. The van der Waals surface area contributed by atoms with Gasteiger partial charge in [0.25, 0.3) is 0 Å². The molecule has 2 aromatic carbocycles. The lowest BCUT2D eigenvalue weighted by molar-refractivity contribution is 0.0697. The first-order valence-corrected chi connectivity index (χ1v) is 6.64. The van der Waals surface area contributed by atoms with Crippen molar-refractivity contribution in [1.29, 1.82) is 0 Å². The molecule has 21 heavy (non-hydrogen) atoms. The van der Waals surface area contributed by atoms with E-state index in [-0.39, 0.29) is 0 Å². The minimum Gasteiger partial charge on any atom is -0.478 e. The molecule has 0 saturated carbocycles. The molecule has 0 saturated heterocycles. The van der Waals surface area contributed by atoms with Gasteiger partial charge in [-0.3, -0.25) is 0 Å². The van der Waals surface area contributed by atoms with Crippen LogP contribution in [0.15, 0.2) is 60.8 Å². The lowest BCUT2D eigenvalue weighted by Crippen LogP contribution is -1.96. The maximum atomic E-state index is 10.8. The van der Waals surface area contributed by atoms with Crippen LogP contribution in [-0.2, 0) is 6.42 Å². The van der Waals surface area contributed by atoms with Gasteiger partial charge in [0.1, 0.15) is 5.82 Å². The maximum Gasteiger partial charge on any atom is 0.335 e. The van der Waals surface area contributed by atoms with Gasteiger partial charge < -0.3 is 10.1 Å². The van der Waals surface area contributed by atoms with Crippen molar-refractivity contribution in [3.8, 4) is 11.4 Å². The van der Waals surface area contributed by atoms with E-state index < -0.39 is 5.97 Å². The number of imidazole rings is 1. The Morgan fingerprint density at radius 1 is 1.05 bits per heavy atom. The maximum absolute atomic E-state index is 10.8. The average Bonchev–Trinajstić information content (AvgIpc) is 2.97. The first-order chi connectivity index (χ1) is 10.2. The van der Waals surface area contributed by atoms with Crippen LogP contribution in [0.25, 0.3) is 11.4 Å². The molecule has 2 N–H and O–H groups in total. The molecule has 0 spiro atoms. The van der Waals surface area contributed by atoms with Gasteiger partial charge in [0.05, 0.1) is 5.56 Å². The minimum absolute atomic E-state index is 0.299. The SMILES string of the molecule is O=C(O)c1ccc(Cc2cnc(-c3ccccc3)[nH]2)cc1. The Morgan fingerprint density at radius 2 is 1.76 bits per heavy atom. The van der Waals surface area contributed by atoms with Crippen LogP contribution >= 0.6 is 0 Å². The van der Waals surface area contributed by atoms with E-state index in [2.05, 4.69) is 9.97 Å². The third kappa shape index (κ3) is 3.00. The van der Waals surface area contributed by atoms with Gasteiger partial charge in [-0.25, -0.2) is 9.78 Å². The number of rotatable bonds is 4. The molecule has 0 aliphatic heterocycles. The van der Waals surface area contributed by atoms with Crippen molar-refractivity contribution in [2.75, 3.05) is 0 Å². The molecule has 4 heteroatoms. The largest absolute Gasteiger partial charge is 0.478 e. The van der Waals surface area contributed by atoms with E-state index in [1.807, 2.05) is 48.7 Å². The fourth-order valence-electron chi connectivity index (χ4n) is 2.18. The first-order valence-electron chi connectivity index (χ1n) is 6.64. The van der Waals surface area contributed by atoms with Crippen LogP contribution < -0.4 is 0 Å². The van der Waals surface area contributed by atoms with Crippen molar-refractivity contribution in [1.82, 2.24) is 9.97 Å². The zero-order chi connectivity index (χ0) is 14.7. The average molecular weight is 278 g/mol. The molecule has 0 aliphatic rings. The van der Waals surface area contributed by atoms with E-state index in [0.717, 1.165) is 22.6 Å². The Kier molecular flexibility index (Phi) is 3.51. The fourth-order valence-corrected chi connectivity index (χ4v) is 2.18. The first kappa shape index (κ1) is 13.1. The number of nitrogens with zero attached hydrogens (tertiary/aromatic N) is 1. The van der Waals surface area contributed by atoms with Crippen LogP contribution in [0.1, 0.15) is 21.6 Å². The summed E-state index contributed by atoms with van der Waals surface area (Å²) in [5.74, 6) is -0.0674. The summed E-state index contributed by atoms with van der Waals surface area (Å²) in [6, 6.07) is 16.8. The normalized spacial score (nSPS) is 10.5. The molecule has 3 aromatic rings. The number of carbonyl (C=O) groups is 1. The number of H-pyrrole nitrogens is 1. The van der Waals surface area contributed by atoms with Gasteiger partial charge in [0, 0.05) is 23.9 Å². The summed E-state index contributed by atoms with van der Waals surface area (Å²) >= 11 is 0. The van der Waals surface area contributed by atoms with Crippen molar-refractivity contribution < 1.29 is 9.90 Å². The number of aromatic carboxylic acids is 1. The summed E-state index contributed by atoms with van der Waals surface area (Å²) in [5.41, 5.74) is 3.39. The molecule has 0 fully saturated rings. The van der Waals surface area contributed by atoms with Crippen LogP contribution in [0.5, 0.6) is 0 Å². The number of nitrogens with one attached hydrogen (secondary N) is 1. The fraction of sp³-hybridized carbons (Fsp3) is 0.0588. The molecule has 0 bridgehead atoms. The molecule has 0 amide bonds. The van der Waals surface area contributed by atoms with Gasteiger partial charge in [-0.2, -0.15) is 0 Å². The summed E-state index contributed by atoms with van der Waals surface area (Å²) in [5, 5.41) is 8.88. The molecule has 0 unspecified atom stereocenters. The van der Waals surface area contributed by atoms with Crippen molar-refractivity contribution >= 4 is 5.97 Å². The Bertz CT molecular complexity index is 746. The van der Waals surface area contributed by atoms with Gasteiger partial charge in [0.15, 0.2) is 0 Å². The second-order valence-electron chi connectivity index (χ2n) is 4.80. The van der Waals surface area contributed by atoms with E-state index >= 15 is 0 Å². The predicted octanol–water partition coefficient (Wildman–Crippen LogP) is 3.37. The van der Waals surface area contributed by atoms with Gasteiger partial charge in [-0.15, -0.1) is 0 Å². The second kappa shape index (κ2) is 5.63. The number of aromatic nitrogens is 2. The predicted molar refractivity (Wildman–Crippen MR) is 80.2 cm³/mol. The van der Waals surface area contributed by atoms with E-state index in [0.29, 0.717) is 12.0 Å². The van der Waals surface area contributed by atoms with Crippen LogP contribution in [0.2, 0.25) is 0 Å². The molecule has 4 nitrogen and oxygen atoms in total. The van der Waals surface area contributed by atoms with Crippen LogP contribution in [-0.4, -0.2) is 21.0 Å². The van der Waals surface area contributed by atoms with Gasteiger partial charge in [-0.05, 0) is 17.7 Å².